The van der Waals surface area contributed by atoms with Gasteiger partial charge in [-0.25, -0.2) is 0 Å². The molecule has 0 unspecified atom stereocenters. The number of nitrogens with two attached hydrogens (primary N) is 1. The van der Waals surface area contributed by atoms with E-state index in [1.807, 2.05) is 32.3 Å². The minimum atomic E-state index is 0.291. The Balaban J connectivity index is 1.84. The maximum absolute atomic E-state index is 12.4. The van der Waals surface area contributed by atoms with Gasteiger partial charge in [-0.3, -0.25) is 4.79 Å². The SMILES string of the molecule is CN(C)c1ccc(N)cc1CN(C(=O)C1CC1)C1CC1. The van der Waals surface area contributed by atoms with E-state index < -0.39 is 0 Å². The van der Waals surface area contributed by atoms with Crippen LogP contribution in [0.2, 0.25) is 0 Å². The summed E-state index contributed by atoms with van der Waals surface area (Å²) in [5.41, 5.74) is 8.98. The van der Waals surface area contributed by atoms with Gasteiger partial charge >= 0.3 is 0 Å². The fourth-order valence-electron chi connectivity index (χ4n) is 2.69. The molecule has 0 aliphatic heterocycles. The van der Waals surface area contributed by atoms with Crippen LogP contribution in [0.15, 0.2) is 18.2 Å². The lowest BCUT2D eigenvalue weighted by Gasteiger charge is -2.26. The Morgan fingerprint density at radius 3 is 2.50 bits per heavy atom. The van der Waals surface area contributed by atoms with Crippen molar-refractivity contribution in [2.75, 3.05) is 24.7 Å². The molecule has 1 aromatic carbocycles. The highest BCUT2D eigenvalue weighted by molar-refractivity contribution is 5.82. The fraction of sp³-hybridized carbons (Fsp3) is 0.562. The first-order chi connectivity index (χ1) is 9.56. The standard InChI is InChI=1S/C16H23N3O/c1-18(2)15-8-5-13(17)9-12(15)10-19(14-6-7-14)16(20)11-3-4-11/h5,8-9,11,14H,3-4,6-7,10,17H2,1-2H3. The van der Waals surface area contributed by atoms with Crippen molar-refractivity contribution in [3.8, 4) is 0 Å². The third kappa shape index (κ3) is 2.74. The molecule has 4 nitrogen and oxygen atoms in total. The van der Waals surface area contributed by atoms with Crippen molar-refractivity contribution in [1.29, 1.82) is 0 Å². The molecule has 2 aliphatic carbocycles. The van der Waals surface area contributed by atoms with E-state index in [-0.39, 0.29) is 0 Å². The van der Waals surface area contributed by atoms with Gasteiger partial charge < -0.3 is 15.5 Å². The number of nitrogens with zero attached hydrogens (tertiary/aromatic N) is 2. The first-order valence-electron chi connectivity index (χ1n) is 7.42. The van der Waals surface area contributed by atoms with Crippen LogP contribution in [0.1, 0.15) is 31.2 Å². The highest BCUT2D eigenvalue weighted by Gasteiger charge is 2.40. The molecular weight excluding hydrogens is 250 g/mol. The van der Waals surface area contributed by atoms with Gasteiger partial charge in [0.25, 0.3) is 0 Å². The summed E-state index contributed by atoms with van der Waals surface area (Å²) in [5.74, 6) is 0.638. The molecule has 0 heterocycles. The molecule has 108 valence electrons. The Hall–Kier alpha value is -1.71. The zero-order valence-electron chi connectivity index (χ0n) is 12.3. The van der Waals surface area contributed by atoms with Crippen molar-refractivity contribution < 1.29 is 4.79 Å². The van der Waals surface area contributed by atoms with Crippen molar-refractivity contribution in [3.05, 3.63) is 23.8 Å². The fourth-order valence-corrected chi connectivity index (χ4v) is 2.69. The molecule has 1 aromatic rings. The van der Waals surface area contributed by atoms with E-state index in [0.717, 1.165) is 42.6 Å². The maximum atomic E-state index is 12.4. The van der Waals surface area contributed by atoms with Crippen LogP contribution in [-0.4, -0.2) is 30.9 Å². The van der Waals surface area contributed by atoms with E-state index in [1.165, 1.54) is 0 Å². The molecule has 0 bridgehead atoms. The zero-order chi connectivity index (χ0) is 14.3. The number of nitrogen functional groups attached to an aromatic ring is 1. The number of carbonyl (C=O) groups is 1. The zero-order valence-corrected chi connectivity index (χ0v) is 12.3. The normalized spacial score (nSPS) is 17.9. The number of anilines is 2. The number of amides is 1. The Morgan fingerprint density at radius 2 is 1.95 bits per heavy atom. The van der Waals surface area contributed by atoms with Crippen LogP contribution in [0.5, 0.6) is 0 Å². The van der Waals surface area contributed by atoms with Gasteiger partial charge in [-0.1, -0.05) is 0 Å². The third-order valence-corrected chi connectivity index (χ3v) is 4.12. The summed E-state index contributed by atoms with van der Waals surface area (Å²) < 4.78 is 0. The number of hydrogen-bond donors (Lipinski definition) is 1. The molecule has 2 fully saturated rings. The molecule has 3 rings (SSSR count). The van der Waals surface area contributed by atoms with Crippen molar-refractivity contribution in [2.24, 2.45) is 5.92 Å². The average Bonchev–Trinajstić information content (AvgIpc) is 3.28. The van der Waals surface area contributed by atoms with Gasteiger partial charge in [0.2, 0.25) is 5.91 Å². The molecule has 0 radical (unpaired) electrons. The lowest BCUT2D eigenvalue weighted by molar-refractivity contribution is -0.133. The quantitative estimate of drug-likeness (QED) is 0.837. The highest BCUT2D eigenvalue weighted by Crippen LogP contribution is 2.37. The lowest BCUT2D eigenvalue weighted by Crippen LogP contribution is -2.34. The molecular formula is C16H23N3O. The molecule has 20 heavy (non-hydrogen) atoms. The van der Waals surface area contributed by atoms with Gasteiger partial charge in [0.15, 0.2) is 0 Å². The highest BCUT2D eigenvalue weighted by atomic mass is 16.2. The molecule has 1 amide bonds. The summed E-state index contributed by atoms with van der Waals surface area (Å²) >= 11 is 0. The first-order valence-corrected chi connectivity index (χ1v) is 7.42. The molecule has 2 saturated carbocycles. The summed E-state index contributed by atoms with van der Waals surface area (Å²) in [6.07, 6.45) is 4.44. The molecule has 0 spiro atoms. The van der Waals surface area contributed by atoms with E-state index in [9.17, 15) is 4.79 Å². The monoisotopic (exact) mass is 273 g/mol. The summed E-state index contributed by atoms with van der Waals surface area (Å²) in [4.78, 5) is 16.6. The largest absolute Gasteiger partial charge is 0.399 e. The van der Waals surface area contributed by atoms with E-state index in [4.69, 9.17) is 5.73 Å². The van der Waals surface area contributed by atoms with Gasteiger partial charge in [0.05, 0.1) is 0 Å². The Kier molecular flexibility index (Phi) is 3.32. The van der Waals surface area contributed by atoms with E-state index in [2.05, 4.69) is 9.80 Å². The minimum Gasteiger partial charge on any atom is -0.399 e. The molecule has 0 atom stereocenters. The Bertz CT molecular complexity index is 518. The summed E-state index contributed by atoms with van der Waals surface area (Å²) in [7, 11) is 4.05. The van der Waals surface area contributed by atoms with Gasteiger partial charge in [-0.15, -0.1) is 0 Å². The summed E-state index contributed by atoms with van der Waals surface area (Å²) in [5, 5.41) is 0. The van der Waals surface area contributed by atoms with Gasteiger partial charge in [0, 0.05) is 44.0 Å². The Morgan fingerprint density at radius 1 is 1.25 bits per heavy atom. The molecule has 2 aliphatic rings. The predicted octanol–water partition coefficient (Wildman–Crippen LogP) is 2.24. The van der Waals surface area contributed by atoms with Crippen LogP contribution >= 0.6 is 0 Å². The number of carbonyl (C=O) groups excluding carboxylic acids is 1. The third-order valence-electron chi connectivity index (χ3n) is 4.12. The van der Waals surface area contributed by atoms with Crippen molar-refractivity contribution in [3.63, 3.8) is 0 Å². The number of benzene rings is 1. The lowest BCUT2D eigenvalue weighted by atomic mass is 10.1. The second kappa shape index (κ2) is 5.00. The van der Waals surface area contributed by atoms with Crippen molar-refractivity contribution >= 4 is 17.3 Å². The van der Waals surface area contributed by atoms with E-state index >= 15 is 0 Å². The number of rotatable bonds is 5. The van der Waals surface area contributed by atoms with Crippen molar-refractivity contribution in [1.82, 2.24) is 4.90 Å². The second-order valence-electron chi connectivity index (χ2n) is 6.25. The maximum Gasteiger partial charge on any atom is 0.226 e. The summed E-state index contributed by atoms with van der Waals surface area (Å²) in [6.45, 7) is 0.693. The first kappa shape index (κ1) is 13.3. The number of hydrogen-bond acceptors (Lipinski definition) is 3. The van der Waals surface area contributed by atoms with E-state index in [1.54, 1.807) is 0 Å². The van der Waals surface area contributed by atoms with Crippen LogP contribution in [0.25, 0.3) is 0 Å². The molecule has 4 heteroatoms. The van der Waals surface area contributed by atoms with Crippen LogP contribution in [-0.2, 0) is 11.3 Å². The van der Waals surface area contributed by atoms with Crippen molar-refractivity contribution in [2.45, 2.75) is 38.3 Å². The second-order valence-corrected chi connectivity index (χ2v) is 6.25. The minimum absolute atomic E-state index is 0.291. The van der Waals surface area contributed by atoms with Crippen LogP contribution in [0.3, 0.4) is 0 Å². The molecule has 0 aromatic heterocycles. The predicted molar refractivity (Wildman–Crippen MR) is 81.5 cm³/mol. The van der Waals surface area contributed by atoms with Gasteiger partial charge in [0.1, 0.15) is 0 Å². The topological polar surface area (TPSA) is 49.6 Å². The van der Waals surface area contributed by atoms with E-state index in [0.29, 0.717) is 24.4 Å². The average molecular weight is 273 g/mol. The van der Waals surface area contributed by atoms with Crippen LogP contribution in [0.4, 0.5) is 11.4 Å². The molecule has 0 saturated heterocycles. The van der Waals surface area contributed by atoms with Crippen LogP contribution < -0.4 is 10.6 Å². The van der Waals surface area contributed by atoms with Gasteiger partial charge in [-0.2, -0.15) is 0 Å². The smallest absolute Gasteiger partial charge is 0.226 e. The van der Waals surface area contributed by atoms with Gasteiger partial charge in [-0.05, 0) is 49.4 Å². The summed E-state index contributed by atoms with van der Waals surface area (Å²) in [6, 6.07) is 6.42. The van der Waals surface area contributed by atoms with Crippen LogP contribution in [0, 0.1) is 5.92 Å². The molecule has 2 N–H and O–H groups in total. The Labute approximate surface area is 120 Å².